The van der Waals surface area contributed by atoms with E-state index in [1.807, 2.05) is 0 Å². The number of carbonyl (C=O) groups is 1. The minimum absolute atomic E-state index is 0.0901. The Bertz CT molecular complexity index is 548. The lowest BCUT2D eigenvalue weighted by Gasteiger charge is -2.04. The van der Waals surface area contributed by atoms with Gasteiger partial charge in [-0.15, -0.1) is 0 Å². The number of hydrogen-bond donors (Lipinski definition) is 1. The number of halogens is 1. The number of aromatic nitrogens is 1. The molecule has 0 bridgehead atoms. The van der Waals surface area contributed by atoms with Crippen molar-refractivity contribution in [3.8, 4) is 0 Å². The average Bonchev–Trinajstić information content (AvgIpc) is 2.70. The molecule has 0 aliphatic rings. The normalized spacial score (nSPS) is 11.1. The van der Waals surface area contributed by atoms with E-state index in [1.165, 1.54) is 6.07 Å². The van der Waals surface area contributed by atoms with Gasteiger partial charge in [0, 0.05) is 5.92 Å². The van der Waals surface area contributed by atoms with Gasteiger partial charge in [-0.05, 0) is 12.1 Å². The van der Waals surface area contributed by atoms with E-state index in [0.717, 1.165) is 0 Å². The zero-order chi connectivity index (χ0) is 12.4. The summed E-state index contributed by atoms with van der Waals surface area (Å²) in [7, 11) is 0. The number of nitrogens with zero attached hydrogens (tertiary/aromatic N) is 1. The Morgan fingerprint density at radius 3 is 2.94 bits per heavy atom. The van der Waals surface area contributed by atoms with Gasteiger partial charge in [-0.3, -0.25) is 4.79 Å². The van der Waals surface area contributed by atoms with Crippen LogP contribution in [0, 0.1) is 11.7 Å². The van der Waals surface area contributed by atoms with Gasteiger partial charge in [0.1, 0.15) is 5.52 Å². The van der Waals surface area contributed by atoms with Crippen LogP contribution in [0.4, 0.5) is 4.39 Å². The smallest absolute Gasteiger partial charge is 0.222 e. The van der Waals surface area contributed by atoms with Crippen LogP contribution in [0.5, 0.6) is 0 Å². The maximum absolute atomic E-state index is 13.3. The van der Waals surface area contributed by atoms with Crippen LogP contribution in [0.2, 0.25) is 0 Å². The molecule has 0 saturated carbocycles. The molecular weight excluding hydrogens is 223 g/mol. The molecule has 0 atom stereocenters. The topological polar surface area (TPSA) is 55.1 Å². The highest BCUT2D eigenvalue weighted by Gasteiger charge is 2.11. The second kappa shape index (κ2) is 4.53. The van der Waals surface area contributed by atoms with Gasteiger partial charge in [-0.25, -0.2) is 9.37 Å². The molecule has 1 amide bonds. The molecule has 0 saturated heterocycles. The van der Waals surface area contributed by atoms with Gasteiger partial charge in [-0.1, -0.05) is 19.9 Å². The first-order chi connectivity index (χ1) is 8.08. The third kappa shape index (κ3) is 2.43. The van der Waals surface area contributed by atoms with Crippen molar-refractivity contribution >= 4 is 17.0 Å². The molecule has 2 aromatic rings. The van der Waals surface area contributed by atoms with Crippen molar-refractivity contribution in [2.24, 2.45) is 5.92 Å². The Labute approximate surface area is 97.8 Å². The molecule has 0 aliphatic heterocycles. The van der Waals surface area contributed by atoms with E-state index in [9.17, 15) is 9.18 Å². The highest BCUT2D eigenvalue weighted by Crippen LogP contribution is 2.18. The van der Waals surface area contributed by atoms with Crippen molar-refractivity contribution in [1.82, 2.24) is 10.3 Å². The molecule has 1 aromatic carbocycles. The maximum atomic E-state index is 13.3. The summed E-state index contributed by atoms with van der Waals surface area (Å²) >= 11 is 0. The molecule has 90 valence electrons. The molecule has 0 radical (unpaired) electrons. The molecule has 0 aliphatic carbocycles. The molecule has 0 fully saturated rings. The molecule has 0 spiro atoms. The predicted octanol–water partition coefficient (Wildman–Crippen LogP) is 2.24. The monoisotopic (exact) mass is 236 g/mol. The highest BCUT2D eigenvalue weighted by molar-refractivity contribution is 5.78. The third-order valence-electron chi connectivity index (χ3n) is 2.35. The van der Waals surface area contributed by atoms with Gasteiger partial charge < -0.3 is 9.73 Å². The lowest BCUT2D eigenvalue weighted by Crippen LogP contribution is -2.27. The summed E-state index contributed by atoms with van der Waals surface area (Å²) < 4.78 is 18.6. The Morgan fingerprint density at radius 1 is 1.53 bits per heavy atom. The largest absolute Gasteiger partial charge is 0.439 e. The van der Waals surface area contributed by atoms with E-state index >= 15 is 0 Å². The Morgan fingerprint density at radius 2 is 2.29 bits per heavy atom. The summed E-state index contributed by atoms with van der Waals surface area (Å²) in [5.41, 5.74) is 0.583. The fourth-order valence-electron chi connectivity index (χ4n) is 1.40. The SMILES string of the molecule is CC(C)C(=O)NCc1nc2c(F)cccc2o1. The first-order valence-electron chi connectivity index (χ1n) is 5.39. The van der Waals surface area contributed by atoms with E-state index in [1.54, 1.807) is 26.0 Å². The van der Waals surface area contributed by atoms with Gasteiger partial charge in [0.05, 0.1) is 6.54 Å². The number of hydrogen-bond acceptors (Lipinski definition) is 3. The van der Waals surface area contributed by atoms with Crippen molar-refractivity contribution < 1.29 is 13.6 Å². The van der Waals surface area contributed by atoms with Crippen LogP contribution in [-0.2, 0) is 11.3 Å². The van der Waals surface area contributed by atoms with E-state index in [2.05, 4.69) is 10.3 Å². The third-order valence-corrected chi connectivity index (χ3v) is 2.35. The minimum Gasteiger partial charge on any atom is -0.439 e. The molecular formula is C12H13FN2O2. The Hall–Kier alpha value is -1.91. The molecule has 17 heavy (non-hydrogen) atoms. The number of rotatable bonds is 3. The van der Waals surface area contributed by atoms with Gasteiger partial charge in [0.15, 0.2) is 11.4 Å². The van der Waals surface area contributed by atoms with Gasteiger partial charge in [-0.2, -0.15) is 0 Å². The molecule has 1 aromatic heterocycles. The number of carbonyl (C=O) groups excluding carboxylic acids is 1. The maximum Gasteiger partial charge on any atom is 0.222 e. The zero-order valence-electron chi connectivity index (χ0n) is 9.66. The molecule has 4 nitrogen and oxygen atoms in total. The molecule has 5 heteroatoms. The lowest BCUT2D eigenvalue weighted by atomic mass is 10.2. The van der Waals surface area contributed by atoms with E-state index in [-0.39, 0.29) is 23.9 Å². The number of oxazole rings is 1. The predicted molar refractivity (Wildman–Crippen MR) is 60.7 cm³/mol. The average molecular weight is 236 g/mol. The van der Waals surface area contributed by atoms with Gasteiger partial charge in [0.2, 0.25) is 11.8 Å². The second-order valence-corrected chi connectivity index (χ2v) is 4.07. The van der Waals surface area contributed by atoms with Crippen LogP contribution in [0.15, 0.2) is 22.6 Å². The Kier molecular flexibility index (Phi) is 3.08. The van der Waals surface area contributed by atoms with Crippen molar-refractivity contribution in [1.29, 1.82) is 0 Å². The molecule has 1 heterocycles. The quantitative estimate of drug-likeness (QED) is 0.889. The number of nitrogens with one attached hydrogen (secondary N) is 1. The summed E-state index contributed by atoms with van der Waals surface area (Å²) in [6, 6.07) is 4.51. The van der Waals surface area contributed by atoms with Gasteiger partial charge in [0.25, 0.3) is 0 Å². The van der Waals surface area contributed by atoms with Crippen LogP contribution in [0.1, 0.15) is 19.7 Å². The Balaban J connectivity index is 2.15. The molecule has 1 N–H and O–H groups in total. The summed E-state index contributed by atoms with van der Waals surface area (Å²) in [4.78, 5) is 15.3. The zero-order valence-corrected chi connectivity index (χ0v) is 9.66. The molecule has 2 rings (SSSR count). The number of amides is 1. The first-order valence-corrected chi connectivity index (χ1v) is 5.39. The van der Waals surface area contributed by atoms with Crippen molar-refractivity contribution in [3.05, 3.63) is 29.9 Å². The summed E-state index contributed by atoms with van der Waals surface area (Å²) in [5.74, 6) is -0.310. The number of benzene rings is 1. The van der Waals surface area contributed by atoms with E-state index in [0.29, 0.717) is 11.5 Å². The summed E-state index contributed by atoms with van der Waals surface area (Å²) in [6.07, 6.45) is 0. The molecule has 0 unspecified atom stereocenters. The van der Waals surface area contributed by atoms with Crippen LogP contribution in [0.3, 0.4) is 0 Å². The summed E-state index contributed by atoms with van der Waals surface area (Å²) in [6.45, 7) is 3.76. The fraction of sp³-hybridized carbons (Fsp3) is 0.333. The standard InChI is InChI=1S/C12H13FN2O2/c1-7(2)12(16)14-6-10-15-11-8(13)4-3-5-9(11)17-10/h3-5,7H,6H2,1-2H3,(H,14,16). The van der Waals surface area contributed by atoms with Crippen molar-refractivity contribution in [2.45, 2.75) is 20.4 Å². The minimum atomic E-state index is -0.423. The van der Waals surface area contributed by atoms with Crippen LogP contribution >= 0.6 is 0 Å². The second-order valence-electron chi connectivity index (χ2n) is 4.07. The number of para-hydroxylation sites is 1. The fourth-order valence-corrected chi connectivity index (χ4v) is 1.40. The summed E-state index contributed by atoms with van der Waals surface area (Å²) in [5, 5.41) is 2.66. The van der Waals surface area contributed by atoms with E-state index in [4.69, 9.17) is 4.42 Å². The van der Waals surface area contributed by atoms with Crippen molar-refractivity contribution in [2.75, 3.05) is 0 Å². The van der Waals surface area contributed by atoms with Crippen LogP contribution < -0.4 is 5.32 Å². The highest BCUT2D eigenvalue weighted by atomic mass is 19.1. The number of fused-ring (bicyclic) bond motifs is 1. The van der Waals surface area contributed by atoms with Gasteiger partial charge >= 0.3 is 0 Å². The van der Waals surface area contributed by atoms with E-state index < -0.39 is 5.82 Å². The van der Waals surface area contributed by atoms with Crippen molar-refractivity contribution in [3.63, 3.8) is 0 Å². The first kappa shape index (κ1) is 11.6. The van der Waals surface area contributed by atoms with Crippen LogP contribution in [0.25, 0.3) is 11.1 Å². The lowest BCUT2D eigenvalue weighted by molar-refractivity contribution is -0.124. The van der Waals surface area contributed by atoms with Crippen LogP contribution in [-0.4, -0.2) is 10.9 Å².